The van der Waals surface area contributed by atoms with Crippen molar-refractivity contribution in [3.05, 3.63) is 60.2 Å². The molecule has 0 aliphatic carbocycles. The molecule has 0 bridgehead atoms. The highest BCUT2D eigenvalue weighted by Gasteiger charge is 2.45. The van der Waals surface area contributed by atoms with Crippen LogP contribution in [0.15, 0.2) is 59.7 Å². The van der Waals surface area contributed by atoms with Crippen molar-refractivity contribution in [1.29, 1.82) is 0 Å². The fourth-order valence-electron chi connectivity index (χ4n) is 4.93. The smallest absolute Gasteiger partial charge is 0.270 e. The summed E-state index contributed by atoms with van der Waals surface area (Å²) in [4.78, 5) is 40.8. The van der Waals surface area contributed by atoms with Crippen LogP contribution in [0.25, 0.3) is 0 Å². The van der Waals surface area contributed by atoms with Crippen LogP contribution in [0.3, 0.4) is 0 Å². The number of fused-ring (bicyclic) bond motifs is 1. The largest absolute Gasteiger partial charge is 0.491 e. The van der Waals surface area contributed by atoms with Crippen LogP contribution in [0.2, 0.25) is 0 Å². The van der Waals surface area contributed by atoms with Gasteiger partial charge in [0.2, 0.25) is 0 Å². The fourth-order valence-corrected chi connectivity index (χ4v) is 4.93. The lowest BCUT2D eigenvalue weighted by atomic mass is 9.91. The summed E-state index contributed by atoms with van der Waals surface area (Å²) in [5, 5.41) is 8.53. The number of amides is 3. The Kier molecular flexibility index (Phi) is 6.99. The zero-order chi connectivity index (χ0) is 25.0. The minimum atomic E-state index is -1.14. The summed E-state index contributed by atoms with van der Waals surface area (Å²) < 4.78 is 12.0. The number of anilines is 1. The molecule has 1 N–H and O–H groups in total. The van der Waals surface area contributed by atoms with Gasteiger partial charge >= 0.3 is 0 Å². The van der Waals surface area contributed by atoms with Crippen LogP contribution in [-0.4, -0.2) is 66.8 Å². The molecular weight excluding hydrogens is 460 g/mol. The molecule has 9 nitrogen and oxygen atoms in total. The van der Waals surface area contributed by atoms with Gasteiger partial charge in [0, 0.05) is 6.54 Å². The van der Waals surface area contributed by atoms with Gasteiger partial charge in [0.25, 0.3) is 17.7 Å². The van der Waals surface area contributed by atoms with Crippen molar-refractivity contribution in [3.63, 3.8) is 0 Å². The topological polar surface area (TPSA) is 101 Å². The molecule has 3 amide bonds. The van der Waals surface area contributed by atoms with Crippen molar-refractivity contribution in [3.8, 4) is 5.75 Å². The summed E-state index contributed by atoms with van der Waals surface area (Å²) in [6.45, 7) is 1.37. The van der Waals surface area contributed by atoms with E-state index < -0.39 is 5.60 Å². The molecular formula is C27H30N4O5. The molecule has 2 aromatic carbocycles. The van der Waals surface area contributed by atoms with E-state index in [0.29, 0.717) is 31.8 Å². The van der Waals surface area contributed by atoms with Crippen molar-refractivity contribution in [1.82, 2.24) is 10.2 Å². The third kappa shape index (κ3) is 4.97. The van der Waals surface area contributed by atoms with Crippen molar-refractivity contribution in [2.24, 2.45) is 5.10 Å². The van der Waals surface area contributed by atoms with Crippen molar-refractivity contribution in [2.75, 3.05) is 37.9 Å². The zero-order valence-corrected chi connectivity index (χ0v) is 20.2. The predicted molar refractivity (Wildman–Crippen MR) is 134 cm³/mol. The third-order valence-electron chi connectivity index (χ3n) is 6.80. The molecule has 0 aromatic heterocycles. The molecule has 9 heteroatoms. The molecule has 3 heterocycles. The summed E-state index contributed by atoms with van der Waals surface area (Å²) in [6, 6.07) is 17.0. The van der Waals surface area contributed by atoms with Crippen molar-refractivity contribution < 1.29 is 23.9 Å². The predicted octanol–water partition coefficient (Wildman–Crippen LogP) is 2.30. The van der Waals surface area contributed by atoms with Gasteiger partial charge in [-0.05, 0) is 49.4 Å². The SMILES string of the molecule is O=C(C1=NN(c2ccccc2)C(=O)C1)N1CCOC2(CCCCc3ccccc3OCCNC2=O)C1. The normalized spacial score (nSPS) is 23.2. The Bertz CT molecular complexity index is 1170. The highest BCUT2D eigenvalue weighted by atomic mass is 16.5. The number of hydrogen-bond acceptors (Lipinski definition) is 6. The quantitative estimate of drug-likeness (QED) is 0.696. The number of ether oxygens (including phenoxy) is 2. The van der Waals surface area contributed by atoms with E-state index in [4.69, 9.17) is 9.47 Å². The van der Waals surface area contributed by atoms with Gasteiger partial charge in [0.1, 0.15) is 18.1 Å². The lowest BCUT2D eigenvalue weighted by molar-refractivity contribution is -0.165. The minimum absolute atomic E-state index is 0.0684. The average molecular weight is 491 g/mol. The Hall–Kier alpha value is -3.72. The summed E-state index contributed by atoms with van der Waals surface area (Å²) >= 11 is 0. The lowest BCUT2D eigenvalue weighted by Crippen LogP contribution is -2.62. The first kappa shape index (κ1) is 24.0. The van der Waals surface area contributed by atoms with E-state index in [9.17, 15) is 14.4 Å². The Morgan fingerprint density at radius 1 is 1.00 bits per heavy atom. The zero-order valence-electron chi connectivity index (χ0n) is 20.2. The van der Waals surface area contributed by atoms with Crippen LogP contribution in [-0.2, 0) is 25.5 Å². The van der Waals surface area contributed by atoms with E-state index in [1.807, 2.05) is 36.4 Å². The highest BCUT2D eigenvalue weighted by Crippen LogP contribution is 2.29. The summed E-state index contributed by atoms with van der Waals surface area (Å²) in [6.07, 6.45) is 2.88. The molecule has 3 aliphatic heterocycles. The molecule has 1 atom stereocenters. The van der Waals surface area contributed by atoms with Gasteiger partial charge in [-0.1, -0.05) is 36.4 Å². The summed E-state index contributed by atoms with van der Waals surface area (Å²) in [5.74, 6) is 0.0224. The molecule has 1 spiro atoms. The highest BCUT2D eigenvalue weighted by molar-refractivity contribution is 6.44. The second kappa shape index (κ2) is 10.5. The molecule has 0 radical (unpaired) electrons. The van der Waals surface area contributed by atoms with E-state index in [2.05, 4.69) is 16.5 Å². The van der Waals surface area contributed by atoms with Gasteiger partial charge in [-0.25, -0.2) is 0 Å². The number of nitrogens with one attached hydrogen (secondary N) is 1. The van der Waals surface area contributed by atoms with Crippen LogP contribution in [0.4, 0.5) is 5.69 Å². The number of rotatable bonds is 2. The third-order valence-corrected chi connectivity index (χ3v) is 6.80. The Labute approximate surface area is 210 Å². The first-order valence-electron chi connectivity index (χ1n) is 12.4. The maximum absolute atomic E-state index is 13.4. The maximum atomic E-state index is 13.4. The van der Waals surface area contributed by atoms with Gasteiger partial charge in [-0.2, -0.15) is 10.1 Å². The second-order valence-electron chi connectivity index (χ2n) is 9.25. The van der Waals surface area contributed by atoms with Gasteiger partial charge < -0.3 is 19.7 Å². The van der Waals surface area contributed by atoms with Crippen LogP contribution in [0.1, 0.15) is 31.2 Å². The van der Waals surface area contributed by atoms with Crippen LogP contribution in [0.5, 0.6) is 5.75 Å². The van der Waals surface area contributed by atoms with Gasteiger partial charge in [-0.15, -0.1) is 0 Å². The number of carbonyl (C=O) groups is 3. The number of hydrazone groups is 1. The average Bonchev–Trinajstić information content (AvgIpc) is 3.30. The molecule has 1 fully saturated rings. The maximum Gasteiger partial charge on any atom is 0.270 e. The first-order chi connectivity index (χ1) is 17.6. The first-order valence-corrected chi connectivity index (χ1v) is 12.4. The van der Waals surface area contributed by atoms with E-state index in [1.54, 1.807) is 17.0 Å². The van der Waals surface area contributed by atoms with Gasteiger partial charge in [0.15, 0.2) is 5.60 Å². The monoisotopic (exact) mass is 490 g/mol. The number of nitrogens with zero attached hydrogens (tertiary/aromatic N) is 3. The van der Waals surface area contributed by atoms with Gasteiger partial charge in [0.05, 0.1) is 31.8 Å². The molecule has 0 saturated carbocycles. The molecule has 3 aliphatic rings. The van der Waals surface area contributed by atoms with Gasteiger partial charge in [-0.3, -0.25) is 14.4 Å². The van der Waals surface area contributed by atoms with E-state index in [0.717, 1.165) is 30.6 Å². The molecule has 2 aromatic rings. The number of para-hydroxylation sites is 2. The summed E-state index contributed by atoms with van der Waals surface area (Å²) in [5.41, 5.74) is 0.798. The Morgan fingerprint density at radius 2 is 1.81 bits per heavy atom. The molecule has 36 heavy (non-hydrogen) atoms. The number of carbonyl (C=O) groups excluding carboxylic acids is 3. The minimum Gasteiger partial charge on any atom is -0.491 e. The van der Waals surface area contributed by atoms with E-state index in [-0.39, 0.29) is 43.0 Å². The lowest BCUT2D eigenvalue weighted by Gasteiger charge is -2.41. The van der Waals surface area contributed by atoms with Crippen molar-refractivity contribution >= 4 is 29.1 Å². The second-order valence-corrected chi connectivity index (χ2v) is 9.25. The summed E-state index contributed by atoms with van der Waals surface area (Å²) in [7, 11) is 0. The number of morpholine rings is 1. The molecule has 1 unspecified atom stereocenters. The van der Waals surface area contributed by atoms with Crippen LogP contribution >= 0.6 is 0 Å². The molecule has 1 saturated heterocycles. The van der Waals surface area contributed by atoms with E-state index >= 15 is 0 Å². The standard InChI is InChI=1S/C27H30N4O5/c32-24-18-22(29-31(24)21-10-2-1-3-11-21)25(33)30-15-17-36-27(19-30)13-7-6-9-20-8-4-5-12-23(20)35-16-14-28-26(27)34/h1-5,8,10-12H,6-7,9,13-19H2,(H,28,34). The van der Waals surface area contributed by atoms with E-state index in [1.165, 1.54) is 5.01 Å². The number of aryl methyl sites for hydroxylation is 1. The molecule has 5 rings (SSSR count). The Balaban J connectivity index is 1.30. The molecule has 188 valence electrons. The fraction of sp³-hybridized carbons (Fsp3) is 0.407. The van der Waals surface area contributed by atoms with Crippen molar-refractivity contribution in [2.45, 2.75) is 37.7 Å². The Morgan fingerprint density at radius 3 is 2.67 bits per heavy atom. The van der Waals surface area contributed by atoms with Crippen LogP contribution < -0.4 is 15.1 Å². The number of benzene rings is 2. The number of hydrogen-bond donors (Lipinski definition) is 1. The van der Waals surface area contributed by atoms with Crippen LogP contribution in [0, 0.1) is 0 Å².